The summed E-state index contributed by atoms with van der Waals surface area (Å²) < 4.78 is 21.7. The maximum absolute atomic E-state index is 5.57. The highest BCUT2D eigenvalue weighted by atomic mass is 127. The first-order valence-corrected chi connectivity index (χ1v) is 9.41. The Morgan fingerprint density at radius 1 is 0.968 bits per heavy atom. The minimum absolute atomic E-state index is 0. The number of aliphatic imine (C=N–C) groups is 1. The van der Waals surface area contributed by atoms with Crippen LogP contribution in [-0.2, 0) is 13.1 Å². The number of ether oxygens (including phenoxy) is 3. The van der Waals surface area contributed by atoms with Crippen molar-refractivity contribution in [1.82, 2.24) is 15.6 Å². The number of hydrogen-bond acceptors (Lipinski definition) is 6. The molecule has 0 bridgehead atoms. The molecule has 3 rings (SSSR count). The van der Waals surface area contributed by atoms with Crippen molar-refractivity contribution in [3.05, 3.63) is 60.0 Å². The zero-order valence-electron chi connectivity index (χ0n) is 18.0. The smallest absolute Gasteiger partial charge is 0.226 e. The van der Waals surface area contributed by atoms with E-state index in [1.807, 2.05) is 42.5 Å². The number of benzene rings is 2. The van der Waals surface area contributed by atoms with E-state index in [1.54, 1.807) is 34.6 Å². The fourth-order valence-electron chi connectivity index (χ4n) is 2.92. The average molecular weight is 538 g/mol. The van der Waals surface area contributed by atoms with Gasteiger partial charge in [-0.1, -0.05) is 18.2 Å². The van der Waals surface area contributed by atoms with Crippen molar-refractivity contribution in [2.24, 2.45) is 4.99 Å². The predicted octanol–water partition coefficient (Wildman–Crippen LogP) is 3.85. The van der Waals surface area contributed by atoms with E-state index in [2.05, 4.69) is 20.6 Å². The lowest BCUT2D eigenvalue weighted by Crippen LogP contribution is -2.36. The van der Waals surface area contributed by atoms with Gasteiger partial charge in [0.2, 0.25) is 11.6 Å². The van der Waals surface area contributed by atoms with E-state index < -0.39 is 0 Å². The first-order valence-electron chi connectivity index (χ1n) is 9.41. The number of nitrogens with zero attached hydrogens (tertiary/aromatic N) is 2. The van der Waals surface area contributed by atoms with Crippen molar-refractivity contribution in [3.8, 4) is 28.7 Å². The summed E-state index contributed by atoms with van der Waals surface area (Å²) in [5.74, 6) is 2.99. The van der Waals surface area contributed by atoms with Gasteiger partial charge in [-0.2, -0.15) is 0 Å². The minimum atomic E-state index is 0. The SMILES string of the molecule is CN=C(NCc1cc(OC)c(OC)c(OC)c1)NCc1coc(-c2ccccc2)n1.I. The van der Waals surface area contributed by atoms with Crippen LogP contribution in [-0.4, -0.2) is 39.3 Å². The number of aromatic nitrogens is 1. The van der Waals surface area contributed by atoms with Crippen LogP contribution in [0.25, 0.3) is 11.5 Å². The maximum Gasteiger partial charge on any atom is 0.226 e. The van der Waals surface area contributed by atoms with Crippen LogP contribution in [0.1, 0.15) is 11.3 Å². The Bertz CT molecular complexity index is 967. The van der Waals surface area contributed by atoms with Gasteiger partial charge in [0.15, 0.2) is 17.5 Å². The molecule has 0 unspecified atom stereocenters. The topological polar surface area (TPSA) is 90.1 Å². The van der Waals surface area contributed by atoms with Crippen LogP contribution in [0.3, 0.4) is 0 Å². The number of nitrogens with one attached hydrogen (secondary N) is 2. The molecule has 0 aliphatic heterocycles. The third-order valence-electron chi connectivity index (χ3n) is 4.42. The molecule has 0 amide bonds. The van der Waals surface area contributed by atoms with Crippen LogP contribution in [0, 0.1) is 0 Å². The number of halogens is 1. The summed E-state index contributed by atoms with van der Waals surface area (Å²) >= 11 is 0. The normalized spacial score (nSPS) is 10.8. The zero-order valence-corrected chi connectivity index (χ0v) is 20.3. The molecule has 0 fully saturated rings. The van der Waals surface area contributed by atoms with Crippen molar-refractivity contribution in [2.45, 2.75) is 13.1 Å². The second-order valence-corrected chi connectivity index (χ2v) is 6.32. The highest BCUT2D eigenvalue weighted by Gasteiger charge is 2.13. The van der Waals surface area contributed by atoms with Gasteiger partial charge in [0.1, 0.15) is 6.26 Å². The molecule has 0 saturated heterocycles. The molecule has 0 aliphatic carbocycles. The van der Waals surface area contributed by atoms with Gasteiger partial charge in [0.25, 0.3) is 0 Å². The van der Waals surface area contributed by atoms with Crippen LogP contribution < -0.4 is 24.8 Å². The standard InChI is InChI=1S/C22H26N4O4.HI/c1-23-22(24-12-15-10-18(27-2)20(29-4)19(11-15)28-3)25-13-17-14-30-21(26-17)16-8-6-5-7-9-16;/h5-11,14H,12-13H2,1-4H3,(H2,23,24,25);1H. The van der Waals surface area contributed by atoms with Crippen molar-refractivity contribution in [2.75, 3.05) is 28.4 Å². The van der Waals surface area contributed by atoms with Crippen molar-refractivity contribution in [1.29, 1.82) is 0 Å². The van der Waals surface area contributed by atoms with E-state index in [-0.39, 0.29) is 24.0 Å². The van der Waals surface area contributed by atoms with E-state index in [0.29, 0.717) is 42.2 Å². The van der Waals surface area contributed by atoms with Gasteiger partial charge in [0.05, 0.1) is 33.6 Å². The molecule has 3 aromatic rings. The Balaban J connectivity index is 0.00000341. The summed E-state index contributed by atoms with van der Waals surface area (Å²) in [5.41, 5.74) is 2.68. The van der Waals surface area contributed by atoms with Crippen LogP contribution in [0.2, 0.25) is 0 Å². The maximum atomic E-state index is 5.57. The van der Waals surface area contributed by atoms with E-state index in [0.717, 1.165) is 16.8 Å². The summed E-state index contributed by atoms with van der Waals surface area (Å²) in [5, 5.41) is 6.49. The number of guanidine groups is 1. The van der Waals surface area contributed by atoms with Crippen molar-refractivity contribution < 1.29 is 18.6 Å². The molecule has 2 N–H and O–H groups in total. The monoisotopic (exact) mass is 538 g/mol. The quantitative estimate of drug-likeness (QED) is 0.256. The Labute approximate surface area is 199 Å². The fraction of sp³-hybridized carbons (Fsp3) is 0.273. The van der Waals surface area contributed by atoms with Gasteiger partial charge in [-0.05, 0) is 29.8 Å². The van der Waals surface area contributed by atoms with Crippen LogP contribution in [0.15, 0.2) is 58.1 Å². The van der Waals surface area contributed by atoms with E-state index in [1.165, 1.54) is 0 Å². The second kappa shape index (κ2) is 12.0. The molecule has 1 heterocycles. The predicted molar refractivity (Wildman–Crippen MR) is 130 cm³/mol. The molecular weight excluding hydrogens is 511 g/mol. The Morgan fingerprint density at radius 3 is 2.19 bits per heavy atom. The summed E-state index contributed by atoms with van der Waals surface area (Å²) in [4.78, 5) is 8.76. The Morgan fingerprint density at radius 2 is 1.61 bits per heavy atom. The molecule has 0 radical (unpaired) electrons. The van der Waals surface area contributed by atoms with Gasteiger partial charge < -0.3 is 29.3 Å². The highest BCUT2D eigenvalue weighted by Crippen LogP contribution is 2.38. The fourth-order valence-corrected chi connectivity index (χ4v) is 2.92. The van der Waals surface area contributed by atoms with E-state index >= 15 is 0 Å². The molecule has 166 valence electrons. The van der Waals surface area contributed by atoms with Crippen molar-refractivity contribution >= 4 is 29.9 Å². The van der Waals surface area contributed by atoms with Crippen LogP contribution in [0.4, 0.5) is 0 Å². The molecule has 0 atom stereocenters. The lowest BCUT2D eigenvalue weighted by Gasteiger charge is -2.15. The summed E-state index contributed by atoms with van der Waals surface area (Å²) in [7, 11) is 6.48. The number of rotatable bonds is 8. The lowest BCUT2D eigenvalue weighted by molar-refractivity contribution is 0.323. The third-order valence-corrected chi connectivity index (χ3v) is 4.42. The molecule has 2 aromatic carbocycles. The largest absolute Gasteiger partial charge is 0.493 e. The first kappa shape index (κ1) is 24.3. The van der Waals surface area contributed by atoms with Crippen molar-refractivity contribution in [3.63, 3.8) is 0 Å². The first-order chi connectivity index (χ1) is 14.7. The number of oxazole rings is 1. The third kappa shape index (κ3) is 6.27. The van der Waals surface area contributed by atoms with E-state index in [4.69, 9.17) is 18.6 Å². The van der Waals surface area contributed by atoms with Gasteiger partial charge in [0, 0.05) is 19.2 Å². The molecular formula is C22H27IN4O4. The Kier molecular flexibility index (Phi) is 9.44. The van der Waals surface area contributed by atoms with Gasteiger partial charge >= 0.3 is 0 Å². The average Bonchev–Trinajstić information content (AvgIpc) is 3.28. The summed E-state index contributed by atoms with van der Waals surface area (Å²) in [6.45, 7) is 0.996. The Hall–Kier alpha value is -2.95. The zero-order chi connectivity index (χ0) is 21.3. The molecule has 0 saturated carbocycles. The molecule has 1 aromatic heterocycles. The van der Waals surface area contributed by atoms with Crippen LogP contribution >= 0.6 is 24.0 Å². The molecule has 0 aliphatic rings. The molecule has 8 nitrogen and oxygen atoms in total. The summed E-state index contributed by atoms with van der Waals surface area (Å²) in [6.07, 6.45) is 1.64. The lowest BCUT2D eigenvalue weighted by atomic mass is 10.2. The minimum Gasteiger partial charge on any atom is -0.493 e. The molecule has 31 heavy (non-hydrogen) atoms. The number of methoxy groups -OCH3 is 3. The van der Waals surface area contributed by atoms with E-state index in [9.17, 15) is 0 Å². The van der Waals surface area contributed by atoms with Gasteiger partial charge in [-0.15, -0.1) is 24.0 Å². The van der Waals surface area contributed by atoms with Gasteiger partial charge in [-0.3, -0.25) is 4.99 Å². The van der Waals surface area contributed by atoms with Crippen LogP contribution in [0.5, 0.6) is 17.2 Å². The molecule has 0 spiro atoms. The number of hydrogen-bond donors (Lipinski definition) is 2. The van der Waals surface area contributed by atoms with Gasteiger partial charge in [-0.25, -0.2) is 4.98 Å². The summed E-state index contributed by atoms with van der Waals surface area (Å²) in [6, 6.07) is 13.6. The highest BCUT2D eigenvalue weighted by molar-refractivity contribution is 14.0. The second-order valence-electron chi connectivity index (χ2n) is 6.32. The molecule has 9 heteroatoms.